The number of anilines is 1. The summed E-state index contributed by atoms with van der Waals surface area (Å²) in [6.45, 7) is 8.17. The van der Waals surface area contributed by atoms with Gasteiger partial charge in [0.05, 0.1) is 16.7 Å². The highest BCUT2D eigenvalue weighted by Crippen LogP contribution is 2.28. The number of aryl methyl sites for hydroxylation is 2. The zero-order valence-electron chi connectivity index (χ0n) is 15.7. The van der Waals surface area contributed by atoms with Crippen LogP contribution in [0.1, 0.15) is 17.1 Å². The van der Waals surface area contributed by atoms with E-state index >= 15 is 0 Å². The zero-order chi connectivity index (χ0) is 18.4. The Morgan fingerprint density at radius 1 is 1.07 bits per heavy atom. The highest BCUT2D eigenvalue weighted by Gasteiger charge is 2.19. The lowest BCUT2D eigenvalue weighted by atomic mass is 10.0. The first-order valence-electron chi connectivity index (χ1n) is 9.54. The highest BCUT2D eigenvalue weighted by atomic mass is 15.3. The molecule has 0 atom stereocenters. The van der Waals surface area contributed by atoms with Crippen LogP contribution in [-0.2, 0) is 6.54 Å². The summed E-state index contributed by atoms with van der Waals surface area (Å²) in [6.07, 6.45) is 0. The molecule has 1 aliphatic rings. The molecule has 3 aromatic heterocycles. The van der Waals surface area contributed by atoms with E-state index in [0.717, 1.165) is 48.9 Å². The van der Waals surface area contributed by atoms with E-state index in [1.165, 1.54) is 16.8 Å². The van der Waals surface area contributed by atoms with Crippen LogP contribution < -0.4 is 10.6 Å². The lowest BCUT2D eigenvalue weighted by Crippen LogP contribution is -2.45. The minimum absolute atomic E-state index is 0.683. The van der Waals surface area contributed by atoms with Crippen molar-refractivity contribution in [3.05, 3.63) is 59.5 Å². The summed E-state index contributed by atoms with van der Waals surface area (Å²) in [6, 6.07) is 15.1. The number of hydrogen-bond acceptors (Lipinski definition) is 4. The predicted molar refractivity (Wildman–Crippen MR) is 108 cm³/mol. The zero-order valence-corrected chi connectivity index (χ0v) is 15.7. The Morgan fingerprint density at radius 3 is 2.63 bits per heavy atom. The molecule has 138 valence electrons. The predicted octanol–water partition coefficient (Wildman–Crippen LogP) is 2.98. The van der Waals surface area contributed by atoms with Crippen molar-refractivity contribution >= 4 is 22.4 Å². The molecule has 0 amide bonds. The molecule has 27 heavy (non-hydrogen) atoms. The number of nitrogens with zero attached hydrogens (tertiary/aromatic N) is 4. The first-order valence-corrected chi connectivity index (χ1v) is 9.54. The van der Waals surface area contributed by atoms with Crippen LogP contribution in [0.3, 0.4) is 0 Å². The molecule has 1 aliphatic heterocycles. The molecule has 0 unspecified atom stereocenters. The van der Waals surface area contributed by atoms with E-state index in [4.69, 9.17) is 0 Å². The molecule has 1 fully saturated rings. The van der Waals surface area contributed by atoms with Crippen molar-refractivity contribution in [1.29, 1.82) is 0 Å². The van der Waals surface area contributed by atoms with Gasteiger partial charge < -0.3 is 15.2 Å². The van der Waals surface area contributed by atoms with Crippen LogP contribution in [0.15, 0.2) is 42.5 Å². The third-order valence-electron chi connectivity index (χ3n) is 5.54. The molecule has 0 spiro atoms. The van der Waals surface area contributed by atoms with E-state index in [0.29, 0.717) is 5.92 Å². The van der Waals surface area contributed by atoms with Crippen molar-refractivity contribution in [2.24, 2.45) is 5.92 Å². The van der Waals surface area contributed by atoms with Crippen LogP contribution in [0.5, 0.6) is 0 Å². The lowest BCUT2D eigenvalue weighted by molar-refractivity contribution is 0.365. The van der Waals surface area contributed by atoms with E-state index in [2.05, 4.69) is 79.2 Å². The topological polar surface area (TPSA) is 59.2 Å². The van der Waals surface area contributed by atoms with Crippen molar-refractivity contribution < 1.29 is 0 Å². The Hall–Kier alpha value is -2.86. The van der Waals surface area contributed by atoms with Gasteiger partial charge in [0.15, 0.2) is 5.65 Å². The first-order chi connectivity index (χ1) is 13.2. The van der Waals surface area contributed by atoms with Crippen LogP contribution in [-0.4, -0.2) is 38.8 Å². The fourth-order valence-electron chi connectivity index (χ4n) is 3.89. The lowest BCUT2D eigenvalue weighted by Gasteiger charge is -2.27. The number of aromatic nitrogens is 4. The quantitative estimate of drug-likeness (QED) is 0.574. The molecular weight excluding hydrogens is 336 g/mol. The summed E-state index contributed by atoms with van der Waals surface area (Å²) in [5.74, 6) is 1.60. The molecule has 1 saturated heterocycles. The first kappa shape index (κ1) is 16.3. The van der Waals surface area contributed by atoms with Gasteiger partial charge in [0.2, 0.25) is 0 Å². The third kappa shape index (κ3) is 2.77. The van der Waals surface area contributed by atoms with E-state index in [9.17, 15) is 0 Å². The van der Waals surface area contributed by atoms with Gasteiger partial charge in [-0.05, 0) is 31.5 Å². The Labute approximate surface area is 158 Å². The van der Waals surface area contributed by atoms with Crippen molar-refractivity contribution in [1.82, 2.24) is 24.5 Å². The monoisotopic (exact) mass is 360 g/mol. The molecular formula is C21H24N6. The van der Waals surface area contributed by atoms with Gasteiger partial charge >= 0.3 is 0 Å². The SMILES string of the molecule is Cc1cc2c(cc(NCC3CNC3)c3nnc(C)n32)n1Cc1ccccc1. The Balaban J connectivity index is 1.64. The van der Waals surface area contributed by atoms with Crippen LogP contribution in [0.25, 0.3) is 16.7 Å². The van der Waals surface area contributed by atoms with E-state index in [-0.39, 0.29) is 0 Å². The van der Waals surface area contributed by atoms with Gasteiger partial charge in [0.1, 0.15) is 5.82 Å². The van der Waals surface area contributed by atoms with Crippen molar-refractivity contribution in [3.63, 3.8) is 0 Å². The second-order valence-corrected chi connectivity index (χ2v) is 7.50. The fourth-order valence-corrected chi connectivity index (χ4v) is 3.89. The molecule has 0 bridgehead atoms. The molecule has 0 radical (unpaired) electrons. The molecule has 0 saturated carbocycles. The normalized spacial score (nSPS) is 14.7. The average Bonchev–Trinajstić information content (AvgIpc) is 3.16. The highest BCUT2D eigenvalue weighted by molar-refractivity contribution is 5.88. The second kappa shape index (κ2) is 6.39. The number of rotatable bonds is 5. The van der Waals surface area contributed by atoms with Gasteiger partial charge in [-0.1, -0.05) is 30.3 Å². The number of pyridine rings is 1. The number of nitrogens with one attached hydrogen (secondary N) is 2. The smallest absolute Gasteiger partial charge is 0.184 e. The van der Waals surface area contributed by atoms with Gasteiger partial charge in [-0.2, -0.15) is 0 Å². The average molecular weight is 360 g/mol. The Bertz CT molecular complexity index is 1100. The third-order valence-corrected chi connectivity index (χ3v) is 5.54. The Morgan fingerprint density at radius 2 is 1.89 bits per heavy atom. The second-order valence-electron chi connectivity index (χ2n) is 7.50. The van der Waals surface area contributed by atoms with Crippen LogP contribution in [0, 0.1) is 19.8 Å². The van der Waals surface area contributed by atoms with E-state index in [1.54, 1.807) is 0 Å². The standard InChI is InChI=1S/C21H24N6/c1-14-8-20-19(26(14)13-16-6-4-3-5-7-16)9-18(23-12-17-10-22-11-17)21-25-24-15(2)27(20)21/h3-9,17,22-23H,10-13H2,1-2H3. The van der Waals surface area contributed by atoms with Crippen molar-refractivity contribution in [2.75, 3.05) is 25.0 Å². The van der Waals surface area contributed by atoms with Crippen molar-refractivity contribution in [2.45, 2.75) is 20.4 Å². The fraction of sp³-hybridized carbons (Fsp3) is 0.333. The molecule has 5 rings (SSSR count). The van der Waals surface area contributed by atoms with Crippen LogP contribution in [0.4, 0.5) is 5.69 Å². The van der Waals surface area contributed by atoms with Crippen LogP contribution >= 0.6 is 0 Å². The summed E-state index contributed by atoms with van der Waals surface area (Å²) in [5.41, 5.74) is 6.88. The molecule has 6 nitrogen and oxygen atoms in total. The van der Waals surface area contributed by atoms with E-state index in [1.807, 2.05) is 6.92 Å². The molecule has 0 aliphatic carbocycles. The molecule has 4 heterocycles. The number of fused-ring (bicyclic) bond motifs is 3. The summed E-state index contributed by atoms with van der Waals surface area (Å²) >= 11 is 0. The maximum absolute atomic E-state index is 4.44. The minimum Gasteiger partial charge on any atom is -0.382 e. The Kier molecular flexibility index (Phi) is 3.86. The number of hydrogen-bond donors (Lipinski definition) is 2. The molecule has 6 heteroatoms. The minimum atomic E-state index is 0.683. The summed E-state index contributed by atoms with van der Waals surface area (Å²) < 4.78 is 4.55. The summed E-state index contributed by atoms with van der Waals surface area (Å²) in [4.78, 5) is 0. The summed E-state index contributed by atoms with van der Waals surface area (Å²) in [5, 5.41) is 15.7. The van der Waals surface area contributed by atoms with Gasteiger partial charge in [0.25, 0.3) is 0 Å². The van der Waals surface area contributed by atoms with Crippen LogP contribution in [0.2, 0.25) is 0 Å². The number of benzene rings is 1. The van der Waals surface area contributed by atoms with Gasteiger partial charge in [0, 0.05) is 37.8 Å². The van der Waals surface area contributed by atoms with E-state index < -0.39 is 0 Å². The van der Waals surface area contributed by atoms with Gasteiger partial charge in [-0.15, -0.1) is 10.2 Å². The molecule has 2 N–H and O–H groups in total. The van der Waals surface area contributed by atoms with Gasteiger partial charge in [-0.25, -0.2) is 0 Å². The summed E-state index contributed by atoms with van der Waals surface area (Å²) in [7, 11) is 0. The largest absolute Gasteiger partial charge is 0.382 e. The maximum atomic E-state index is 4.44. The maximum Gasteiger partial charge on any atom is 0.184 e. The van der Waals surface area contributed by atoms with Gasteiger partial charge in [-0.3, -0.25) is 4.40 Å². The molecule has 1 aromatic carbocycles. The molecule has 4 aromatic rings. The van der Waals surface area contributed by atoms with Crippen molar-refractivity contribution in [3.8, 4) is 0 Å².